The van der Waals surface area contributed by atoms with Gasteiger partial charge in [0.2, 0.25) is 0 Å². The molecule has 16 heavy (non-hydrogen) atoms. The summed E-state index contributed by atoms with van der Waals surface area (Å²) in [4.78, 5) is 27.2. The minimum Gasteiger partial charge on any atom is -0.368 e. The van der Waals surface area contributed by atoms with Gasteiger partial charge in [0.15, 0.2) is 0 Å². The zero-order chi connectivity index (χ0) is 11.8. The van der Waals surface area contributed by atoms with E-state index in [1.165, 1.54) is 0 Å². The van der Waals surface area contributed by atoms with Gasteiger partial charge in [-0.2, -0.15) is 5.48 Å². The molecular weight excluding hydrogens is 210 g/mol. The molecule has 5 nitrogen and oxygen atoms in total. The smallest absolute Gasteiger partial charge is 0.332 e. The van der Waals surface area contributed by atoms with Gasteiger partial charge in [-0.25, -0.2) is 4.79 Å². The molecule has 1 unspecified atom stereocenters. The fourth-order valence-electron chi connectivity index (χ4n) is 1.53. The van der Waals surface area contributed by atoms with Gasteiger partial charge in [-0.05, 0) is 19.3 Å². The first kappa shape index (κ1) is 13.0. The molecule has 1 aliphatic rings. The Morgan fingerprint density at radius 1 is 1.44 bits per heavy atom. The van der Waals surface area contributed by atoms with Crippen molar-refractivity contribution in [2.45, 2.75) is 51.6 Å². The van der Waals surface area contributed by atoms with Crippen molar-refractivity contribution in [3.63, 3.8) is 0 Å². The van der Waals surface area contributed by atoms with Gasteiger partial charge in [-0.1, -0.05) is 19.8 Å². The molecule has 0 radical (unpaired) electrons. The molecule has 1 rings (SSSR count). The van der Waals surface area contributed by atoms with E-state index in [-0.39, 0.29) is 11.9 Å². The third-order valence-corrected chi connectivity index (χ3v) is 2.47. The number of hydrogen-bond donors (Lipinski definition) is 1. The summed E-state index contributed by atoms with van der Waals surface area (Å²) in [6.07, 6.45) is 4.31. The van der Waals surface area contributed by atoms with Crippen LogP contribution in [0.1, 0.15) is 45.4 Å². The number of unbranched alkanes of at least 4 members (excludes halogenated alkanes) is 2. The van der Waals surface area contributed by atoms with E-state index in [1.807, 2.05) is 0 Å². The average molecular weight is 229 g/mol. The molecular formula is C11H19NO4. The maximum Gasteiger partial charge on any atom is 0.332 e. The van der Waals surface area contributed by atoms with Crippen LogP contribution in [-0.2, 0) is 19.2 Å². The van der Waals surface area contributed by atoms with Crippen molar-refractivity contribution in [2.75, 3.05) is 6.61 Å². The topological polar surface area (TPSA) is 64.6 Å². The Morgan fingerprint density at radius 2 is 2.25 bits per heavy atom. The van der Waals surface area contributed by atoms with E-state index in [0.717, 1.165) is 25.7 Å². The summed E-state index contributed by atoms with van der Waals surface area (Å²) in [5.41, 5.74) is 2.14. The van der Waals surface area contributed by atoms with Crippen molar-refractivity contribution in [3.05, 3.63) is 0 Å². The van der Waals surface area contributed by atoms with E-state index in [1.54, 1.807) is 0 Å². The number of hydroxylamine groups is 1. The van der Waals surface area contributed by atoms with Crippen LogP contribution in [0, 0.1) is 0 Å². The second-order valence-corrected chi connectivity index (χ2v) is 3.90. The van der Waals surface area contributed by atoms with Crippen molar-refractivity contribution < 1.29 is 19.2 Å². The van der Waals surface area contributed by atoms with Gasteiger partial charge >= 0.3 is 5.97 Å². The van der Waals surface area contributed by atoms with Gasteiger partial charge in [0.05, 0.1) is 0 Å². The third kappa shape index (κ3) is 4.61. The van der Waals surface area contributed by atoms with Gasteiger partial charge in [-0.15, -0.1) is 0 Å². The third-order valence-electron chi connectivity index (χ3n) is 2.47. The molecule has 1 saturated heterocycles. The highest BCUT2D eigenvalue weighted by atomic mass is 16.7. The molecule has 0 aliphatic carbocycles. The lowest BCUT2D eigenvalue weighted by Gasteiger charge is -2.09. The Kier molecular flexibility index (Phi) is 5.85. The second kappa shape index (κ2) is 7.22. The maximum absolute atomic E-state index is 11.4. The molecule has 0 aromatic carbocycles. The summed E-state index contributed by atoms with van der Waals surface area (Å²) in [5, 5.41) is 0. The van der Waals surface area contributed by atoms with Crippen molar-refractivity contribution in [1.82, 2.24) is 5.48 Å². The number of amides is 1. The molecule has 1 N–H and O–H groups in total. The molecule has 1 fully saturated rings. The molecule has 1 heterocycles. The lowest BCUT2D eigenvalue weighted by atomic mass is 10.2. The summed E-state index contributed by atoms with van der Waals surface area (Å²) in [6.45, 7) is 2.66. The lowest BCUT2D eigenvalue weighted by Crippen LogP contribution is -2.35. The van der Waals surface area contributed by atoms with Crippen LogP contribution in [0.4, 0.5) is 0 Å². The molecule has 0 aromatic rings. The number of carbonyl (C=O) groups is 2. The number of rotatable bonds is 5. The molecule has 0 bridgehead atoms. The fraction of sp³-hybridized carbons (Fsp3) is 0.818. The van der Waals surface area contributed by atoms with Crippen LogP contribution in [0.15, 0.2) is 0 Å². The van der Waals surface area contributed by atoms with Crippen LogP contribution in [0.5, 0.6) is 0 Å². The summed E-state index contributed by atoms with van der Waals surface area (Å²) in [6, 6.07) is 0. The monoisotopic (exact) mass is 229 g/mol. The first-order valence-electron chi connectivity index (χ1n) is 5.85. The van der Waals surface area contributed by atoms with Crippen molar-refractivity contribution >= 4 is 11.9 Å². The number of hydrogen-bond acceptors (Lipinski definition) is 4. The van der Waals surface area contributed by atoms with E-state index in [0.29, 0.717) is 19.4 Å². The van der Waals surface area contributed by atoms with Crippen LogP contribution in [0.3, 0.4) is 0 Å². The van der Waals surface area contributed by atoms with E-state index >= 15 is 0 Å². The molecule has 1 atom stereocenters. The van der Waals surface area contributed by atoms with Crippen LogP contribution in [-0.4, -0.2) is 24.6 Å². The zero-order valence-corrected chi connectivity index (χ0v) is 9.66. The Morgan fingerprint density at radius 3 is 2.88 bits per heavy atom. The predicted molar refractivity (Wildman–Crippen MR) is 57.4 cm³/mol. The van der Waals surface area contributed by atoms with E-state index < -0.39 is 6.10 Å². The second-order valence-electron chi connectivity index (χ2n) is 3.90. The first-order valence-corrected chi connectivity index (χ1v) is 5.85. The standard InChI is InChI=1S/C11H19NO4/c1-2-3-4-7-10(13)16-12-11(14)9-6-5-8-15-9/h9H,2-8H2,1H3,(H,12,14). The van der Waals surface area contributed by atoms with Crippen molar-refractivity contribution in [2.24, 2.45) is 0 Å². The lowest BCUT2D eigenvalue weighted by molar-refractivity contribution is -0.161. The van der Waals surface area contributed by atoms with Gasteiger partial charge in [0.1, 0.15) is 6.10 Å². The van der Waals surface area contributed by atoms with Gasteiger partial charge in [-0.3, -0.25) is 4.79 Å². The Bertz CT molecular complexity index is 236. The summed E-state index contributed by atoms with van der Waals surface area (Å²) < 4.78 is 5.14. The molecule has 1 amide bonds. The van der Waals surface area contributed by atoms with Gasteiger partial charge < -0.3 is 9.57 Å². The zero-order valence-electron chi connectivity index (χ0n) is 9.66. The summed E-state index contributed by atoms with van der Waals surface area (Å²) in [5.74, 6) is -0.749. The molecule has 1 aliphatic heterocycles. The van der Waals surface area contributed by atoms with Crippen molar-refractivity contribution in [1.29, 1.82) is 0 Å². The number of carbonyl (C=O) groups excluding carboxylic acids is 2. The number of ether oxygens (including phenoxy) is 1. The summed E-state index contributed by atoms with van der Waals surface area (Å²) in [7, 11) is 0. The molecule has 0 saturated carbocycles. The van der Waals surface area contributed by atoms with Crippen LogP contribution >= 0.6 is 0 Å². The minimum absolute atomic E-state index is 0.347. The quantitative estimate of drug-likeness (QED) is 0.570. The van der Waals surface area contributed by atoms with Crippen molar-refractivity contribution in [3.8, 4) is 0 Å². The molecule has 5 heteroatoms. The van der Waals surface area contributed by atoms with E-state index in [4.69, 9.17) is 4.74 Å². The first-order chi connectivity index (χ1) is 7.74. The van der Waals surface area contributed by atoms with Crippen LogP contribution in [0.2, 0.25) is 0 Å². The summed E-state index contributed by atoms with van der Waals surface area (Å²) >= 11 is 0. The van der Waals surface area contributed by atoms with Gasteiger partial charge in [0.25, 0.3) is 5.91 Å². The predicted octanol–water partition coefficient (Wildman–Crippen LogP) is 1.32. The largest absolute Gasteiger partial charge is 0.368 e. The van der Waals surface area contributed by atoms with Crippen LogP contribution < -0.4 is 5.48 Å². The highest BCUT2D eigenvalue weighted by molar-refractivity contribution is 5.81. The molecule has 0 aromatic heterocycles. The number of nitrogens with one attached hydrogen (secondary N) is 1. The SMILES string of the molecule is CCCCCC(=O)ONC(=O)C1CCCO1. The normalized spacial score (nSPS) is 19.4. The highest BCUT2D eigenvalue weighted by Gasteiger charge is 2.24. The molecule has 92 valence electrons. The Balaban J connectivity index is 2.08. The Hall–Kier alpha value is -1.10. The fourth-order valence-corrected chi connectivity index (χ4v) is 1.53. The van der Waals surface area contributed by atoms with E-state index in [2.05, 4.69) is 17.2 Å². The highest BCUT2D eigenvalue weighted by Crippen LogP contribution is 2.11. The Labute approximate surface area is 95.4 Å². The minimum atomic E-state index is -0.455. The van der Waals surface area contributed by atoms with E-state index in [9.17, 15) is 9.59 Å². The average Bonchev–Trinajstić information content (AvgIpc) is 2.79. The van der Waals surface area contributed by atoms with Crippen LogP contribution in [0.25, 0.3) is 0 Å². The maximum atomic E-state index is 11.4. The van der Waals surface area contributed by atoms with Gasteiger partial charge in [0, 0.05) is 13.0 Å². The molecule has 0 spiro atoms.